The van der Waals surface area contributed by atoms with Crippen LogP contribution in [0.1, 0.15) is 85.0 Å². The molecule has 2 nitrogen and oxygen atoms in total. The van der Waals surface area contributed by atoms with Crippen LogP contribution in [-0.4, -0.2) is 18.5 Å². The Kier molecular flexibility index (Phi) is 7.92. The summed E-state index contributed by atoms with van der Waals surface area (Å²) in [5.74, 6) is -0.289. The van der Waals surface area contributed by atoms with E-state index in [1.807, 2.05) is 0 Å². The van der Waals surface area contributed by atoms with Crippen LogP contribution in [0.25, 0.3) is 0 Å². The average molecular weight is 256 g/mol. The molecule has 1 fully saturated rings. The van der Waals surface area contributed by atoms with Crippen molar-refractivity contribution in [3.05, 3.63) is 0 Å². The third-order valence-corrected chi connectivity index (χ3v) is 3.93. The van der Waals surface area contributed by atoms with Crippen molar-refractivity contribution in [2.75, 3.05) is 6.61 Å². The first kappa shape index (κ1) is 16.0. The second-order valence-corrected chi connectivity index (χ2v) is 5.82. The molecule has 1 heterocycles. The third-order valence-electron chi connectivity index (χ3n) is 3.93. The van der Waals surface area contributed by atoms with Gasteiger partial charge in [-0.05, 0) is 19.8 Å². The van der Waals surface area contributed by atoms with Gasteiger partial charge in [-0.3, -0.25) is 0 Å². The first-order chi connectivity index (χ1) is 8.70. The van der Waals surface area contributed by atoms with Gasteiger partial charge in [0.25, 0.3) is 0 Å². The molecule has 2 atom stereocenters. The van der Waals surface area contributed by atoms with E-state index >= 15 is 0 Å². The number of hydrogen-bond donors (Lipinski definition) is 0. The molecule has 108 valence electrons. The second kappa shape index (κ2) is 8.92. The molecule has 0 saturated carbocycles. The lowest BCUT2D eigenvalue weighted by atomic mass is 10.0. The Hall–Kier alpha value is -0.0800. The van der Waals surface area contributed by atoms with Gasteiger partial charge in [-0.2, -0.15) is 0 Å². The van der Waals surface area contributed by atoms with Crippen molar-refractivity contribution in [3.63, 3.8) is 0 Å². The molecule has 0 N–H and O–H groups in total. The monoisotopic (exact) mass is 256 g/mol. The second-order valence-electron chi connectivity index (χ2n) is 5.82. The molecule has 0 spiro atoms. The van der Waals surface area contributed by atoms with E-state index in [0.717, 1.165) is 19.4 Å². The van der Waals surface area contributed by atoms with E-state index in [-0.39, 0.29) is 5.79 Å². The highest BCUT2D eigenvalue weighted by Gasteiger charge is 2.35. The smallest absolute Gasteiger partial charge is 0.166 e. The largest absolute Gasteiger partial charge is 0.348 e. The van der Waals surface area contributed by atoms with Gasteiger partial charge in [0.2, 0.25) is 0 Å². The minimum absolute atomic E-state index is 0.289. The molecule has 1 rings (SSSR count). The van der Waals surface area contributed by atoms with E-state index in [4.69, 9.17) is 9.47 Å². The SMILES string of the molecule is CCCCCCCCCCC1(C)OCC(CC)O1. The molecule has 1 aliphatic rings. The minimum atomic E-state index is -0.289. The van der Waals surface area contributed by atoms with Gasteiger partial charge in [0.15, 0.2) is 5.79 Å². The third kappa shape index (κ3) is 6.19. The number of rotatable bonds is 10. The van der Waals surface area contributed by atoms with Gasteiger partial charge in [-0.25, -0.2) is 0 Å². The molecule has 0 bridgehead atoms. The molecular formula is C16H32O2. The van der Waals surface area contributed by atoms with Gasteiger partial charge in [0.1, 0.15) is 0 Å². The van der Waals surface area contributed by atoms with Crippen molar-refractivity contribution in [2.24, 2.45) is 0 Å². The van der Waals surface area contributed by atoms with Gasteiger partial charge < -0.3 is 9.47 Å². The van der Waals surface area contributed by atoms with Crippen LogP contribution in [0, 0.1) is 0 Å². The van der Waals surface area contributed by atoms with E-state index in [9.17, 15) is 0 Å². The summed E-state index contributed by atoms with van der Waals surface area (Å²) in [4.78, 5) is 0. The molecule has 1 aliphatic heterocycles. The van der Waals surface area contributed by atoms with Crippen molar-refractivity contribution >= 4 is 0 Å². The van der Waals surface area contributed by atoms with Gasteiger partial charge in [-0.1, -0.05) is 58.8 Å². The summed E-state index contributed by atoms with van der Waals surface area (Å²) in [5.41, 5.74) is 0. The van der Waals surface area contributed by atoms with Crippen LogP contribution in [0.5, 0.6) is 0 Å². The highest BCUT2D eigenvalue weighted by molar-refractivity contribution is 4.74. The van der Waals surface area contributed by atoms with Gasteiger partial charge in [-0.15, -0.1) is 0 Å². The Morgan fingerprint density at radius 1 is 0.944 bits per heavy atom. The zero-order valence-electron chi connectivity index (χ0n) is 12.7. The number of ether oxygens (including phenoxy) is 2. The maximum Gasteiger partial charge on any atom is 0.166 e. The topological polar surface area (TPSA) is 18.5 Å². The van der Waals surface area contributed by atoms with Gasteiger partial charge >= 0.3 is 0 Å². The summed E-state index contributed by atoms with van der Waals surface area (Å²) < 4.78 is 11.7. The Morgan fingerprint density at radius 3 is 2.11 bits per heavy atom. The minimum Gasteiger partial charge on any atom is -0.348 e. The Balaban J connectivity index is 1.94. The fourth-order valence-corrected chi connectivity index (χ4v) is 2.60. The van der Waals surface area contributed by atoms with Crippen LogP contribution in [-0.2, 0) is 9.47 Å². The van der Waals surface area contributed by atoms with Crippen LogP contribution in [0.2, 0.25) is 0 Å². The molecule has 0 aliphatic carbocycles. The molecule has 0 aromatic carbocycles. The fourth-order valence-electron chi connectivity index (χ4n) is 2.60. The summed E-state index contributed by atoms with van der Waals surface area (Å²) in [5, 5.41) is 0. The van der Waals surface area contributed by atoms with Gasteiger partial charge in [0.05, 0.1) is 12.7 Å². The molecule has 0 aromatic rings. The first-order valence-electron chi connectivity index (χ1n) is 8.02. The van der Waals surface area contributed by atoms with E-state index < -0.39 is 0 Å². The molecule has 1 saturated heterocycles. The Morgan fingerprint density at radius 2 is 1.56 bits per heavy atom. The Bertz CT molecular complexity index is 205. The number of unbranched alkanes of at least 4 members (excludes halogenated alkanes) is 7. The zero-order chi connectivity index (χ0) is 13.3. The summed E-state index contributed by atoms with van der Waals surface area (Å²) in [6.45, 7) is 7.32. The fraction of sp³-hybridized carbons (Fsp3) is 1.00. The van der Waals surface area contributed by atoms with Crippen LogP contribution < -0.4 is 0 Å². The average Bonchev–Trinajstić information content (AvgIpc) is 2.75. The quantitative estimate of drug-likeness (QED) is 0.509. The normalized spacial score (nSPS) is 27.8. The highest BCUT2D eigenvalue weighted by Crippen LogP contribution is 2.30. The van der Waals surface area contributed by atoms with E-state index in [2.05, 4.69) is 20.8 Å². The predicted molar refractivity (Wildman–Crippen MR) is 76.7 cm³/mol. The highest BCUT2D eigenvalue weighted by atomic mass is 16.7. The predicted octanol–water partition coefficient (Wildman–Crippen LogP) is 5.06. The van der Waals surface area contributed by atoms with Crippen LogP contribution in [0.15, 0.2) is 0 Å². The van der Waals surface area contributed by atoms with Crippen LogP contribution >= 0.6 is 0 Å². The lowest BCUT2D eigenvalue weighted by Crippen LogP contribution is -2.26. The lowest BCUT2D eigenvalue weighted by Gasteiger charge is -2.23. The summed E-state index contributed by atoms with van der Waals surface area (Å²) in [6, 6.07) is 0. The first-order valence-corrected chi connectivity index (χ1v) is 8.02. The number of hydrogen-bond acceptors (Lipinski definition) is 2. The molecular weight excluding hydrogens is 224 g/mol. The van der Waals surface area contributed by atoms with Gasteiger partial charge in [0, 0.05) is 6.42 Å². The van der Waals surface area contributed by atoms with E-state index in [0.29, 0.717) is 6.10 Å². The van der Waals surface area contributed by atoms with Crippen LogP contribution in [0.3, 0.4) is 0 Å². The van der Waals surface area contributed by atoms with Crippen molar-refractivity contribution in [1.82, 2.24) is 0 Å². The van der Waals surface area contributed by atoms with E-state index in [1.165, 1.54) is 51.4 Å². The van der Waals surface area contributed by atoms with Crippen molar-refractivity contribution < 1.29 is 9.47 Å². The Labute approximate surface area is 113 Å². The molecule has 0 radical (unpaired) electrons. The van der Waals surface area contributed by atoms with Crippen LogP contribution in [0.4, 0.5) is 0 Å². The van der Waals surface area contributed by atoms with Crippen molar-refractivity contribution in [2.45, 2.75) is 96.9 Å². The maximum absolute atomic E-state index is 5.94. The standard InChI is InChI=1S/C16H32O2/c1-4-6-7-8-9-10-11-12-13-16(3)17-14-15(5-2)18-16/h15H,4-14H2,1-3H3. The zero-order valence-corrected chi connectivity index (χ0v) is 12.7. The van der Waals surface area contributed by atoms with Crippen molar-refractivity contribution in [3.8, 4) is 0 Å². The van der Waals surface area contributed by atoms with E-state index in [1.54, 1.807) is 0 Å². The lowest BCUT2D eigenvalue weighted by molar-refractivity contribution is -0.159. The summed E-state index contributed by atoms with van der Waals surface area (Å²) in [7, 11) is 0. The van der Waals surface area contributed by atoms with Crippen molar-refractivity contribution in [1.29, 1.82) is 0 Å². The molecule has 0 amide bonds. The molecule has 0 aromatic heterocycles. The summed E-state index contributed by atoms with van der Waals surface area (Å²) >= 11 is 0. The molecule has 2 heteroatoms. The molecule has 2 unspecified atom stereocenters. The molecule has 18 heavy (non-hydrogen) atoms. The maximum atomic E-state index is 5.94. The summed E-state index contributed by atoms with van der Waals surface area (Å²) in [6.07, 6.45) is 13.3.